The first-order valence-corrected chi connectivity index (χ1v) is 6.15. The highest BCUT2D eigenvalue weighted by Crippen LogP contribution is 2.18. The Balaban J connectivity index is 2.41. The summed E-state index contributed by atoms with van der Waals surface area (Å²) in [5, 5.41) is 3.08. The maximum atomic E-state index is 4.60. The topological polar surface area (TPSA) is 50.7 Å². The zero-order valence-corrected chi connectivity index (χ0v) is 11.0. The Hall–Kier alpha value is -1.97. The Morgan fingerprint density at radius 3 is 2.72 bits per heavy atom. The van der Waals surface area contributed by atoms with E-state index in [0.717, 1.165) is 29.3 Å². The van der Waals surface area contributed by atoms with Gasteiger partial charge >= 0.3 is 0 Å². The molecule has 0 atom stereocenters. The number of nitrogens with one attached hydrogen (secondary N) is 1. The summed E-state index contributed by atoms with van der Waals surface area (Å²) in [5.74, 6) is 2.15. The quantitative estimate of drug-likeness (QED) is 0.895. The summed E-state index contributed by atoms with van der Waals surface area (Å²) in [4.78, 5) is 13.2. The second-order valence-corrected chi connectivity index (χ2v) is 4.66. The molecule has 0 amide bonds. The van der Waals surface area contributed by atoms with Gasteiger partial charge in [0.1, 0.15) is 5.82 Å². The average molecular weight is 242 g/mol. The smallest absolute Gasteiger partial charge is 0.163 e. The molecule has 4 heteroatoms. The first-order valence-electron chi connectivity index (χ1n) is 6.15. The van der Waals surface area contributed by atoms with Gasteiger partial charge in [0.05, 0.1) is 0 Å². The lowest BCUT2D eigenvalue weighted by Crippen LogP contribution is -2.03. The van der Waals surface area contributed by atoms with Crippen molar-refractivity contribution < 1.29 is 0 Å². The molecule has 0 saturated heterocycles. The normalized spacial score (nSPS) is 10.7. The van der Waals surface area contributed by atoms with Crippen molar-refractivity contribution in [2.75, 3.05) is 12.4 Å². The van der Waals surface area contributed by atoms with Crippen molar-refractivity contribution in [1.29, 1.82) is 0 Å². The number of nitrogens with zero attached hydrogens (tertiary/aromatic N) is 3. The van der Waals surface area contributed by atoms with Gasteiger partial charge in [-0.2, -0.15) is 0 Å². The first kappa shape index (κ1) is 12.5. The van der Waals surface area contributed by atoms with Crippen LogP contribution in [-0.2, 0) is 6.42 Å². The highest BCUT2D eigenvalue weighted by Gasteiger charge is 2.07. The molecular weight excluding hydrogens is 224 g/mol. The SMILES string of the molecule is CNc1cc(CC(C)C)nc(-c2cccnc2)n1. The van der Waals surface area contributed by atoms with Crippen molar-refractivity contribution in [2.24, 2.45) is 5.92 Å². The molecule has 1 N–H and O–H groups in total. The summed E-state index contributed by atoms with van der Waals surface area (Å²) in [6.45, 7) is 4.37. The maximum Gasteiger partial charge on any atom is 0.163 e. The van der Waals surface area contributed by atoms with E-state index < -0.39 is 0 Å². The fourth-order valence-electron chi connectivity index (χ4n) is 1.77. The monoisotopic (exact) mass is 242 g/mol. The third kappa shape index (κ3) is 3.03. The van der Waals surface area contributed by atoms with Crippen LogP contribution in [0, 0.1) is 5.92 Å². The highest BCUT2D eigenvalue weighted by atomic mass is 15.0. The second kappa shape index (κ2) is 5.58. The molecule has 4 nitrogen and oxygen atoms in total. The summed E-state index contributed by atoms with van der Waals surface area (Å²) in [7, 11) is 1.87. The summed E-state index contributed by atoms with van der Waals surface area (Å²) in [6.07, 6.45) is 4.48. The van der Waals surface area contributed by atoms with E-state index in [1.54, 1.807) is 12.4 Å². The summed E-state index contributed by atoms with van der Waals surface area (Å²) in [6, 6.07) is 5.87. The summed E-state index contributed by atoms with van der Waals surface area (Å²) < 4.78 is 0. The number of anilines is 1. The number of aromatic nitrogens is 3. The third-order valence-electron chi connectivity index (χ3n) is 2.57. The average Bonchev–Trinajstić information content (AvgIpc) is 2.38. The van der Waals surface area contributed by atoms with Crippen molar-refractivity contribution >= 4 is 5.82 Å². The first-order chi connectivity index (χ1) is 8.69. The van der Waals surface area contributed by atoms with Crippen molar-refractivity contribution in [3.63, 3.8) is 0 Å². The predicted molar refractivity (Wildman–Crippen MR) is 73.4 cm³/mol. The lowest BCUT2D eigenvalue weighted by molar-refractivity contribution is 0.635. The maximum absolute atomic E-state index is 4.60. The van der Waals surface area contributed by atoms with Crippen LogP contribution in [0.4, 0.5) is 5.82 Å². The number of hydrogen-bond donors (Lipinski definition) is 1. The fourth-order valence-corrected chi connectivity index (χ4v) is 1.77. The molecule has 0 fully saturated rings. The van der Waals surface area contributed by atoms with Crippen molar-refractivity contribution in [1.82, 2.24) is 15.0 Å². The Bertz CT molecular complexity index is 508. The summed E-state index contributed by atoms with van der Waals surface area (Å²) >= 11 is 0. The van der Waals surface area contributed by atoms with Gasteiger partial charge in [-0.1, -0.05) is 13.8 Å². The van der Waals surface area contributed by atoms with Crippen LogP contribution in [0.15, 0.2) is 30.6 Å². The molecule has 0 bridgehead atoms. The molecule has 0 aliphatic heterocycles. The van der Waals surface area contributed by atoms with E-state index >= 15 is 0 Å². The molecule has 94 valence electrons. The molecule has 2 heterocycles. The minimum atomic E-state index is 0.575. The molecule has 2 rings (SSSR count). The predicted octanol–water partition coefficient (Wildman–Crippen LogP) is 2.78. The second-order valence-electron chi connectivity index (χ2n) is 4.66. The zero-order chi connectivity index (χ0) is 13.0. The van der Waals surface area contributed by atoms with Gasteiger partial charge in [0.2, 0.25) is 0 Å². The van der Waals surface area contributed by atoms with Gasteiger partial charge in [-0.3, -0.25) is 4.98 Å². The van der Waals surface area contributed by atoms with Crippen LogP contribution in [-0.4, -0.2) is 22.0 Å². The zero-order valence-electron chi connectivity index (χ0n) is 11.0. The molecule has 2 aromatic rings. The molecule has 0 radical (unpaired) electrons. The highest BCUT2D eigenvalue weighted by molar-refractivity contribution is 5.56. The van der Waals surface area contributed by atoms with Crippen molar-refractivity contribution in [3.05, 3.63) is 36.3 Å². The van der Waals surface area contributed by atoms with E-state index in [-0.39, 0.29) is 0 Å². The van der Waals surface area contributed by atoms with Crippen LogP contribution in [0.2, 0.25) is 0 Å². The standard InChI is InChI=1S/C14H18N4/c1-10(2)7-12-8-13(15-3)18-14(17-12)11-5-4-6-16-9-11/h4-6,8-10H,7H2,1-3H3,(H,15,17,18). The van der Waals surface area contributed by atoms with E-state index in [2.05, 4.69) is 34.1 Å². The molecule has 0 unspecified atom stereocenters. The minimum Gasteiger partial charge on any atom is -0.373 e. The van der Waals surface area contributed by atoms with Gasteiger partial charge in [0.15, 0.2) is 5.82 Å². The van der Waals surface area contributed by atoms with Gasteiger partial charge in [0, 0.05) is 36.8 Å². The Morgan fingerprint density at radius 1 is 1.28 bits per heavy atom. The van der Waals surface area contributed by atoms with Crippen LogP contribution in [0.5, 0.6) is 0 Å². The lowest BCUT2D eigenvalue weighted by atomic mass is 10.1. The van der Waals surface area contributed by atoms with Crippen molar-refractivity contribution in [2.45, 2.75) is 20.3 Å². The van der Waals surface area contributed by atoms with Gasteiger partial charge in [-0.15, -0.1) is 0 Å². The van der Waals surface area contributed by atoms with Gasteiger partial charge in [0.25, 0.3) is 0 Å². The minimum absolute atomic E-state index is 0.575. The van der Waals surface area contributed by atoms with Crippen LogP contribution >= 0.6 is 0 Å². The Morgan fingerprint density at radius 2 is 2.11 bits per heavy atom. The fraction of sp³-hybridized carbons (Fsp3) is 0.357. The molecule has 0 spiro atoms. The van der Waals surface area contributed by atoms with Crippen LogP contribution in [0.1, 0.15) is 19.5 Å². The molecule has 0 aliphatic carbocycles. The van der Waals surface area contributed by atoms with Crippen LogP contribution in [0.3, 0.4) is 0 Å². The van der Waals surface area contributed by atoms with Crippen molar-refractivity contribution in [3.8, 4) is 11.4 Å². The lowest BCUT2D eigenvalue weighted by Gasteiger charge is -2.09. The Kier molecular flexibility index (Phi) is 3.87. The molecule has 0 aliphatic rings. The van der Waals surface area contributed by atoms with E-state index in [1.807, 2.05) is 25.2 Å². The van der Waals surface area contributed by atoms with Gasteiger partial charge < -0.3 is 5.32 Å². The molecule has 2 aromatic heterocycles. The Labute approximate surface area is 108 Å². The van der Waals surface area contributed by atoms with E-state index in [0.29, 0.717) is 5.92 Å². The molecule has 18 heavy (non-hydrogen) atoms. The molecular formula is C14H18N4. The van der Waals surface area contributed by atoms with E-state index in [4.69, 9.17) is 0 Å². The molecule has 0 saturated carbocycles. The third-order valence-corrected chi connectivity index (χ3v) is 2.57. The number of pyridine rings is 1. The van der Waals surface area contributed by atoms with Gasteiger partial charge in [-0.05, 0) is 24.5 Å². The van der Waals surface area contributed by atoms with Crippen LogP contribution in [0.25, 0.3) is 11.4 Å². The van der Waals surface area contributed by atoms with E-state index in [9.17, 15) is 0 Å². The summed E-state index contributed by atoms with van der Waals surface area (Å²) in [5.41, 5.74) is 2.00. The van der Waals surface area contributed by atoms with Crippen LogP contribution < -0.4 is 5.32 Å². The number of hydrogen-bond acceptors (Lipinski definition) is 4. The van der Waals surface area contributed by atoms with E-state index in [1.165, 1.54) is 0 Å². The number of rotatable bonds is 4. The molecule has 0 aromatic carbocycles. The van der Waals surface area contributed by atoms with Gasteiger partial charge in [-0.25, -0.2) is 9.97 Å². The largest absolute Gasteiger partial charge is 0.373 e.